The molecule has 0 aliphatic rings. The summed E-state index contributed by atoms with van der Waals surface area (Å²) in [6, 6.07) is 0. The standard InChI is InChI=1S/C16H30O7S.Na/c1-2-3-4-5-6-7-8-9-10-11-14-22-15(17)12-13-16(18)23-24(19,20)21;/h2-14H2,1H3,(H,19,20,21);. The number of esters is 1. The summed E-state index contributed by atoms with van der Waals surface area (Å²) in [5, 5.41) is 0. The molecule has 9 heteroatoms. The Morgan fingerprint density at radius 1 is 0.800 bits per heavy atom. The summed E-state index contributed by atoms with van der Waals surface area (Å²) >= 11 is 0. The third-order valence-corrected chi connectivity index (χ3v) is 3.89. The van der Waals surface area contributed by atoms with Crippen molar-refractivity contribution in [2.24, 2.45) is 0 Å². The summed E-state index contributed by atoms with van der Waals surface area (Å²) in [7, 11) is -4.81. The van der Waals surface area contributed by atoms with E-state index >= 15 is 0 Å². The normalized spacial score (nSPS) is 10.8. The number of carbonyl (C=O) groups excluding carboxylic acids is 2. The van der Waals surface area contributed by atoms with Gasteiger partial charge in [0.1, 0.15) is 0 Å². The van der Waals surface area contributed by atoms with Crippen LogP contribution in [0.25, 0.3) is 0 Å². The van der Waals surface area contributed by atoms with Gasteiger partial charge in [0.25, 0.3) is 0 Å². The van der Waals surface area contributed by atoms with Crippen molar-refractivity contribution in [3.63, 3.8) is 0 Å². The van der Waals surface area contributed by atoms with Gasteiger partial charge in [-0.3, -0.25) is 14.1 Å². The van der Waals surface area contributed by atoms with Gasteiger partial charge in [-0.1, -0.05) is 64.7 Å². The number of rotatable bonds is 15. The Bertz CT molecular complexity index is 451. The predicted molar refractivity (Wildman–Crippen MR) is 95.4 cm³/mol. The molecule has 0 unspecified atom stereocenters. The molecule has 0 aliphatic carbocycles. The molecule has 0 aliphatic heterocycles. The molecule has 7 nitrogen and oxygen atoms in total. The van der Waals surface area contributed by atoms with E-state index in [1.165, 1.54) is 44.9 Å². The average molecular weight is 389 g/mol. The van der Waals surface area contributed by atoms with Gasteiger partial charge < -0.3 is 8.92 Å². The van der Waals surface area contributed by atoms with E-state index in [0.29, 0.717) is 6.61 Å². The van der Waals surface area contributed by atoms with Crippen molar-refractivity contribution in [2.45, 2.75) is 84.0 Å². The third kappa shape index (κ3) is 21.8. The zero-order valence-electron chi connectivity index (χ0n) is 15.5. The predicted octanol–water partition coefficient (Wildman–Crippen LogP) is 3.20. The van der Waals surface area contributed by atoms with E-state index in [2.05, 4.69) is 11.1 Å². The molecule has 0 fully saturated rings. The van der Waals surface area contributed by atoms with Gasteiger partial charge in [-0.25, -0.2) is 0 Å². The van der Waals surface area contributed by atoms with Crippen LogP contribution in [0.3, 0.4) is 0 Å². The molecule has 0 amide bonds. The number of ether oxygens (including phenoxy) is 1. The Hall–Kier alpha value is -0.150. The zero-order chi connectivity index (χ0) is 18.3. The van der Waals surface area contributed by atoms with Crippen molar-refractivity contribution in [3.8, 4) is 0 Å². The minimum Gasteiger partial charge on any atom is -0.466 e. The molecule has 0 saturated heterocycles. The fraction of sp³-hybridized carbons (Fsp3) is 0.875. The van der Waals surface area contributed by atoms with Crippen LogP contribution >= 0.6 is 0 Å². The largest absolute Gasteiger partial charge is 0.466 e. The number of unbranched alkanes of at least 4 members (excludes halogenated alkanes) is 9. The minimum absolute atomic E-state index is 0. The molecule has 0 heterocycles. The Balaban J connectivity index is 0. The fourth-order valence-corrected chi connectivity index (χ4v) is 2.53. The van der Waals surface area contributed by atoms with Crippen molar-refractivity contribution in [2.75, 3.05) is 6.61 Å². The molecule has 1 radical (unpaired) electrons. The maximum absolute atomic E-state index is 11.3. The van der Waals surface area contributed by atoms with E-state index in [1.54, 1.807) is 0 Å². The Morgan fingerprint density at radius 3 is 1.72 bits per heavy atom. The van der Waals surface area contributed by atoms with Gasteiger partial charge in [0.05, 0.1) is 19.4 Å². The van der Waals surface area contributed by atoms with Crippen LogP contribution in [0.4, 0.5) is 0 Å². The average Bonchev–Trinajstić information content (AvgIpc) is 2.49. The maximum Gasteiger partial charge on any atom is 0.448 e. The summed E-state index contributed by atoms with van der Waals surface area (Å²) < 4.78 is 37.4. The van der Waals surface area contributed by atoms with Crippen LogP contribution in [-0.4, -0.2) is 61.1 Å². The van der Waals surface area contributed by atoms with Gasteiger partial charge in [0.15, 0.2) is 0 Å². The van der Waals surface area contributed by atoms with Gasteiger partial charge in [-0.2, -0.15) is 8.42 Å². The molecule has 1 N–H and O–H groups in total. The first-order valence-corrected chi connectivity index (χ1v) is 10.1. The molecule has 0 spiro atoms. The summed E-state index contributed by atoms with van der Waals surface area (Å²) in [6.07, 6.45) is 11.1. The molecule has 0 rings (SSSR count). The van der Waals surface area contributed by atoms with E-state index < -0.39 is 28.8 Å². The molecule has 0 aromatic carbocycles. The first kappa shape index (κ1) is 27.1. The summed E-state index contributed by atoms with van der Waals surface area (Å²) in [5.74, 6) is -1.77. The van der Waals surface area contributed by atoms with Gasteiger partial charge in [0.2, 0.25) is 0 Å². The smallest absolute Gasteiger partial charge is 0.448 e. The second-order valence-electron chi connectivity index (χ2n) is 5.79. The van der Waals surface area contributed by atoms with E-state index in [4.69, 9.17) is 9.29 Å². The van der Waals surface area contributed by atoms with Crippen molar-refractivity contribution in [1.29, 1.82) is 0 Å². The Labute approximate surface area is 173 Å². The van der Waals surface area contributed by atoms with Crippen LogP contribution in [0.15, 0.2) is 0 Å². The molecule has 0 aromatic rings. The van der Waals surface area contributed by atoms with Crippen LogP contribution < -0.4 is 0 Å². The quantitative estimate of drug-likeness (QED) is 0.198. The molecule has 25 heavy (non-hydrogen) atoms. The number of hydrogen-bond acceptors (Lipinski definition) is 6. The van der Waals surface area contributed by atoms with Crippen LogP contribution in [-0.2, 0) is 28.9 Å². The van der Waals surface area contributed by atoms with Gasteiger partial charge in [0, 0.05) is 29.6 Å². The van der Waals surface area contributed by atoms with E-state index in [1.807, 2.05) is 0 Å². The van der Waals surface area contributed by atoms with Gasteiger partial charge >= 0.3 is 22.3 Å². The van der Waals surface area contributed by atoms with Crippen LogP contribution in [0.5, 0.6) is 0 Å². The van der Waals surface area contributed by atoms with Gasteiger partial charge in [-0.15, -0.1) is 0 Å². The second-order valence-corrected chi connectivity index (χ2v) is 6.81. The second kappa shape index (κ2) is 17.3. The zero-order valence-corrected chi connectivity index (χ0v) is 18.3. The first-order chi connectivity index (χ1) is 11.3. The van der Waals surface area contributed by atoms with E-state index in [0.717, 1.165) is 19.3 Å². The molecule has 0 saturated carbocycles. The van der Waals surface area contributed by atoms with Crippen LogP contribution in [0, 0.1) is 0 Å². The van der Waals surface area contributed by atoms with Crippen molar-refractivity contribution in [1.82, 2.24) is 0 Å². The molecule has 143 valence electrons. The Morgan fingerprint density at radius 2 is 1.24 bits per heavy atom. The molecular formula is C16H30NaO7S. The fourth-order valence-electron chi connectivity index (χ4n) is 2.21. The minimum atomic E-state index is -4.81. The summed E-state index contributed by atoms with van der Waals surface area (Å²) in [4.78, 5) is 22.3. The third-order valence-electron chi connectivity index (χ3n) is 3.49. The van der Waals surface area contributed by atoms with Crippen LogP contribution in [0.2, 0.25) is 0 Å². The summed E-state index contributed by atoms with van der Waals surface area (Å²) in [5.41, 5.74) is 0. The summed E-state index contributed by atoms with van der Waals surface area (Å²) in [6.45, 7) is 2.50. The topological polar surface area (TPSA) is 107 Å². The monoisotopic (exact) mass is 389 g/mol. The van der Waals surface area contributed by atoms with E-state index in [-0.39, 0.29) is 36.0 Å². The van der Waals surface area contributed by atoms with Crippen molar-refractivity contribution in [3.05, 3.63) is 0 Å². The van der Waals surface area contributed by atoms with Crippen molar-refractivity contribution >= 4 is 51.9 Å². The van der Waals surface area contributed by atoms with Crippen LogP contribution in [0.1, 0.15) is 84.0 Å². The molecule has 0 atom stereocenters. The first-order valence-electron chi connectivity index (χ1n) is 8.70. The maximum atomic E-state index is 11.3. The van der Waals surface area contributed by atoms with Crippen molar-refractivity contribution < 1.29 is 31.5 Å². The molecular weight excluding hydrogens is 359 g/mol. The SMILES string of the molecule is CCCCCCCCCCCCOC(=O)CCC(=O)OS(=O)(=O)O.[Na]. The molecule has 0 bridgehead atoms. The molecule has 0 aromatic heterocycles. The number of hydrogen-bond donors (Lipinski definition) is 1. The van der Waals surface area contributed by atoms with Gasteiger partial charge in [-0.05, 0) is 6.42 Å². The van der Waals surface area contributed by atoms with E-state index in [9.17, 15) is 18.0 Å². The number of carbonyl (C=O) groups is 2. The Kier molecular flexibility index (Phi) is 18.7.